The van der Waals surface area contributed by atoms with Crippen molar-refractivity contribution in [2.24, 2.45) is 0 Å². The monoisotopic (exact) mass is 454 g/mol. The predicted molar refractivity (Wildman–Crippen MR) is 122 cm³/mol. The van der Waals surface area contributed by atoms with Gasteiger partial charge >= 0.3 is 0 Å². The van der Waals surface area contributed by atoms with Crippen LogP contribution in [0.25, 0.3) is 0 Å². The first-order valence-electron chi connectivity index (χ1n) is 10.1. The molecule has 1 amide bonds. The summed E-state index contributed by atoms with van der Waals surface area (Å²) < 4.78 is 5.39. The van der Waals surface area contributed by atoms with Crippen molar-refractivity contribution in [3.05, 3.63) is 70.9 Å². The van der Waals surface area contributed by atoms with Crippen LogP contribution in [0.1, 0.15) is 15.9 Å². The largest absolute Gasteiger partial charge is 0.379 e. The van der Waals surface area contributed by atoms with Gasteiger partial charge in [-0.2, -0.15) is 4.98 Å². The topological polar surface area (TPSA) is 112 Å². The number of carbonyl (C=O) groups is 1. The van der Waals surface area contributed by atoms with Gasteiger partial charge < -0.3 is 15.4 Å². The zero-order chi connectivity index (χ0) is 22.3. The molecule has 0 aliphatic carbocycles. The van der Waals surface area contributed by atoms with Gasteiger partial charge in [-0.25, -0.2) is 10.5 Å². The Kier molecular flexibility index (Phi) is 7.13. The molecule has 1 aromatic heterocycles. The third-order valence-electron chi connectivity index (χ3n) is 4.99. The SMILES string of the molecule is O=C(NO)c1ccccc1Nc1nc(Nc2ccc(CN3CCOCC3)cc2)ncc1Cl. The molecular formula is C22H23ClN6O3. The maximum absolute atomic E-state index is 11.9. The molecule has 2 heterocycles. The number of amides is 1. The van der Waals surface area contributed by atoms with Crippen LogP contribution in [0.4, 0.5) is 23.1 Å². The molecule has 32 heavy (non-hydrogen) atoms. The lowest BCUT2D eigenvalue weighted by Gasteiger charge is -2.26. The summed E-state index contributed by atoms with van der Waals surface area (Å²) in [6, 6.07) is 14.8. The molecule has 0 spiro atoms. The number of nitrogens with one attached hydrogen (secondary N) is 3. The van der Waals surface area contributed by atoms with Gasteiger partial charge in [-0.15, -0.1) is 0 Å². The van der Waals surface area contributed by atoms with Crippen LogP contribution in [0.5, 0.6) is 0 Å². The molecule has 1 saturated heterocycles. The fourth-order valence-electron chi connectivity index (χ4n) is 3.33. The van der Waals surface area contributed by atoms with E-state index in [0.717, 1.165) is 38.5 Å². The van der Waals surface area contributed by atoms with Gasteiger partial charge in [-0.05, 0) is 29.8 Å². The lowest BCUT2D eigenvalue weighted by molar-refractivity contribution is 0.0342. The molecule has 166 valence electrons. The summed E-state index contributed by atoms with van der Waals surface area (Å²) in [5, 5.41) is 15.4. The van der Waals surface area contributed by atoms with Gasteiger partial charge in [-0.3, -0.25) is 14.9 Å². The molecule has 2 aromatic carbocycles. The molecule has 0 bridgehead atoms. The zero-order valence-corrected chi connectivity index (χ0v) is 18.0. The number of anilines is 4. The van der Waals surface area contributed by atoms with Crippen LogP contribution in [0.2, 0.25) is 5.02 Å². The third kappa shape index (κ3) is 5.51. The Morgan fingerprint density at radius 1 is 1.09 bits per heavy atom. The van der Waals surface area contributed by atoms with E-state index in [1.807, 2.05) is 12.1 Å². The van der Waals surface area contributed by atoms with Gasteiger partial charge in [0.15, 0.2) is 5.82 Å². The molecule has 0 atom stereocenters. The van der Waals surface area contributed by atoms with Crippen molar-refractivity contribution in [1.29, 1.82) is 0 Å². The van der Waals surface area contributed by atoms with E-state index in [1.54, 1.807) is 29.7 Å². The highest BCUT2D eigenvalue weighted by Crippen LogP contribution is 2.27. The average Bonchev–Trinajstić information content (AvgIpc) is 2.83. The van der Waals surface area contributed by atoms with Crippen LogP contribution in [0, 0.1) is 0 Å². The number of ether oxygens (including phenoxy) is 1. The molecule has 1 fully saturated rings. The number of benzene rings is 2. The van der Waals surface area contributed by atoms with Crippen LogP contribution < -0.4 is 16.1 Å². The van der Waals surface area contributed by atoms with Crippen molar-refractivity contribution in [2.45, 2.75) is 6.54 Å². The third-order valence-corrected chi connectivity index (χ3v) is 5.27. The first kappa shape index (κ1) is 22.0. The van der Waals surface area contributed by atoms with E-state index in [1.165, 1.54) is 11.8 Å². The molecule has 0 radical (unpaired) electrons. The van der Waals surface area contributed by atoms with E-state index in [0.29, 0.717) is 17.5 Å². The number of hydrogen-bond acceptors (Lipinski definition) is 8. The van der Waals surface area contributed by atoms with Crippen molar-refractivity contribution < 1.29 is 14.7 Å². The Balaban J connectivity index is 1.46. The molecular weight excluding hydrogens is 432 g/mol. The standard InChI is InChI=1S/C22H23ClN6O3/c23-18-13-24-22(27-20(18)26-19-4-2-1-3-17(19)21(30)28-31)25-16-7-5-15(6-8-16)14-29-9-11-32-12-10-29/h1-8,13,31H,9-12,14H2,(H,28,30)(H2,24,25,26,27). The number of halogens is 1. The number of hydrogen-bond donors (Lipinski definition) is 4. The summed E-state index contributed by atoms with van der Waals surface area (Å²) in [4.78, 5) is 22.9. The Morgan fingerprint density at radius 2 is 1.84 bits per heavy atom. The van der Waals surface area contributed by atoms with Crippen molar-refractivity contribution in [2.75, 3.05) is 36.9 Å². The number of carbonyl (C=O) groups excluding carboxylic acids is 1. The van der Waals surface area contributed by atoms with E-state index < -0.39 is 5.91 Å². The van der Waals surface area contributed by atoms with Gasteiger partial charge in [0.2, 0.25) is 5.95 Å². The van der Waals surface area contributed by atoms with Crippen molar-refractivity contribution in [3.8, 4) is 0 Å². The summed E-state index contributed by atoms with van der Waals surface area (Å²) in [6.07, 6.45) is 1.47. The minimum atomic E-state index is -0.645. The number of morpholine rings is 1. The number of aromatic nitrogens is 2. The van der Waals surface area contributed by atoms with Crippen LogP contribution >= 0.6 is 11.6 Å². The van der Waals surface area contributed by atoms with Gasteiger partial charge in [0.1, 0.15) is 5.02 Å². The molecule has 4 rings (SSSR count). The maximum Gasteiger partial charge on any atom is 0.276 e. The predicted octanol–water partition coefficient (Wildman–Crippen LogP) is 3.57. The van der Waals surface area contributed by atoms with Crippen molar-refractivity contribution in [1.82, 2.24) is 20.3 Å². The molecule has 4 N–H and O–H groups in total. The minimum Gasteiger partial charge on any atom is -0.379 e. The van der Waals surface area contributed by atoms with Crippen molar-refractivity contribution in [3.63, 3.8) is 0 Å². The molecule has 1 aliphatic heterocycles. The first-order chi connectivity index (χ1) is 15.6. The minimum absolute atomic E-state index is 0.245. The maximum atomic E-state index is 11.9. The lowest BCUT2D eigenvalue weighted by Crippen LogP contribution is -2.35. The molecule has 10 heteroatoms. The molecule has 9 nitrogen and oxygen atoms in total. The number of nitrogens with zero attached hydrogens (tertiary/aromatic N) is 3. The summed E-state index contributed by atoms with van der Waals surface area (Å²) in [5.41, 5.74) is 4.37. The number of para-hydroxylation sites is 1. The second-order valence-corrected chi connectivity index (χ2v) is 7.62. The summed E-state index contributed by atoms with van der Waals surface area (Å²) in [7, 11) is 0. The van der Waals surface area contributed by atoms with Gasteiger partial charge in [-0.1, -0.05) is 35.9 Å². The smallest absolute Gasteiger partial charge is 0.276 e. The fraction of sp³-hybridized carbons (Fsp3) is 0.227. The number of hydroxylamine groups is 1. The fourth-order valence-corrected chi connectivity index (χ4v) is 3.47. The highest BCUT2D eigenvalue weighted by molar-refractivity contribution is 6.33. The quantitative estimate of drug-likeness (QED) is 0.316. The zero-order valence-electron chi connectivity index (χ0n) is 17.2. The molecule has 3 aromatic rings. The molecule has 0 unspecified atom stereocenters. The Bertz CT molecular complexity index is 1070. The molecule has 1 aliphatic rings. The van der Waals surface area contributed by atoms with Crippen molar-refractivity contribution >= 4 is 40.6 Å². The van der Waals surface area contributed by atoms with Crippen LogP contribution in [-0.4, -0.2) is 52.3 Å². The second-order valence-electron chi connectivity index (χ2n) is 7.21. The number of rotatable bonds is 7. The van der Waals surface area contributed by atoms with Crippen LogP contribution in [0.3, 0.4) is 0 Å². The molecule has 0 saturated carbocycles. The highest BCUT2D eigenvalue weighted by Gasteiger charge is 2.14. The normalized spacial score (nSPS) is 14.1. The van der Waals surface area contributed by atoms with Crippen LogP contribution in [0.15, 0.2) is 54.7 Å². The second kappa shape index (κ2) is 10.4. The first-order valence-corrected chi connectivity index (χ1v) is 10.5. The van der Waals surface area contributed by atoms with E-state index in [9.17, 15) is 4.79 Å². The van der Waals surface area contributed by atoms with Gasteiger partial charge in [0, 0.05) is 25.3 Å². The average molecular weight is 455 g/mol. The van der Waals surface area contributed by atoms with Gasteiger partial charge in [0.05, 0.1) is 30.7 Å². The summed E-state index contributed by atoms with van der Waals surface area (Å²) in [6.45, 7) is 4.32. The van der Waals surface area contributed by atoms with E-state index in [4.69, 9.17) is 21.5 Å². The Hall–Kier alpha value is -3.24. The summed E-state index contributed by atoms with van der Waals surface area (Å²) >= 11 is 6.25. The van der Waals surface area contributed by atoms with E-state index in [-0.39, 0.29) is 10.6 Å². The Labute approximate surface area is 190 Å². The van der Waals surface area contributed by atoms with Gasteiger partial charge in [0.25, 0.3) is 5.91 Å². The lowest BCUT2D eigenvalue weighted by atomic mass is 10.1. The summed E-state index contributed by atoms with van der Waals surface area (Å²) in [5.74, 6) is 0.0296. The highest BCUT2D eigenvalue weighted by atomic mass is 35.5. The van der Waals surface area contributed by atoms with E-state index in [2.05, 4.69) is 37.6 Å². The van der Waals surface area contributed by atoms with E-state index >= 15 is 0 Å². The Morgan fingerprint density at radius 3 is 2.59 bits per heavy atom. The van der Waals surface area contributed by atoms with Crippen LogP contribution in [-0.2, 0) is 11.3 Å².